The molecule has 0 spiro atoms. The van der Waals surface area contributed by atoms with E-state index in [-0.39, 0.29) is 17.9 Å². The van der Waals surface area contributed by atoms with E-state index in [1.54, 1.807) is 0 Å². The Hall–Kier alpha value is -3.06. The van der Waals surface area contributed by atoms with Gasteiger partial charge in [0, 0.05) is 19.9 Å². The number of hydrogen-bond donors (Lipinski definition) is 1. The second-order valence-electron chi connectivity index (χ2n) is 8.95. The van der Waals surface area contributed by atoms with Crippen LogP contribution in [0.1, 0.15) is 49.8 Å². The minimum absolute atomic E-state index is 0.0326. The fourth-order valence-electron chi connectivity index (χ4n) is 4.64. The monoisotopic (exact) mass is 466 g/mol. The van der Waals surface area contributed by atoms with Gasteiger partial charge in [0.1, 0.15) is 19.3 Å². The highest BCUT2D eigenvalue weighted by Gasteiger charge is 2.31. The standard InChI is InChI=1S/C27H34N2O5/c1-20(30)34-27(22-12-13-24-25(18-22)33-17-16-32-24)23(19-29-14-5-6-15-29)28-26(31)11-7-10-21-8-3-2-4-9-21/h2-4,8-9,12-13,18,23,27H,5-7,10-11,14-17,19H2,1H3,(H,28,31)/t23-,27-/m1/s1. The molecular formula is C27H34N2O5. The number of likely N-dealkylation sites (tertiary alicyclic amines) is 1. The number of amides is 1. The third-order valence-corrected chi connectivity index (χ3v) is 6.27. The molecule has 0 aromatic heterocycles. The van der Waals surface area contributed by atoms with Gasteiger partial charge in [-0.25, -0.2) is 0 Å². The second-order valence-corrected chi connectivity index (χ2v) is 8.95. The van der Waals surface area contributed by atoms with Crippen molar-refractivity contribution in [1.29, 1.82) is 0 Å². The quantitative estimate of drug-likeness (QED) is 0.539. The largest absolute Gasteiger partial charge is 0.486 e. The summed E-state index contributed by atoms with van der Waals surface area (Å²) in [5, 5.41) is 3.18. The molecule has 0 unspecified atom stereocenters. The van der Waals surface area contributed by atoms with Gasteiger partial charge >= 0.3 is 5.97 Å². The van der Waals surface area contributed by atoms with Gasteiger partial charge in [-0.05, 0) is 62.0 Å². The molecule has 34 heavy (non-hydrogen) atoms. The molecule has 0 bridgehead atoms. The minimum atomic E-state index is -0.619. The lowest BCUT2D eigenvalue weighted by atomic mass is 10.00. The van der Waals surface area contributed by atoms with E-state index in [1.165, 1.54) is 12.5 Å². The van der Waals surface area contributed by atoms with Crippen LogP contribution in [0.3, 0.4) is 0 Å². The molecule has 7 nitrogen and oxygen atoms in total. The van der Waals surface area contributed by atoms with Crippen LogP contribution in [0.5, 0.6) is 11.5 Å². The van der Waals surface area contributed by atoms with E-state index >= 15 is 0 Å². The van der Waals surface area contributed by atoms with E-state index in [0.717, 1.165) is 44.3 Å². The Balaban J connectivity index is 1.48. The van der Waals surface area contributed by atoms with Crippen LogP contribution in [0.25, 0.3) is 0 Å². The van der Waals surface area contributed by atoms with Crippen molar-refractivity contribution in [3.8, 4) is 11.5 Å². The van der Waals surface area contributed by atoms with E-state index in [1.807, 2.05) is 36.4 Å². The zero-order valence-electron chi connectivity index (χ0n) is 19.8. The predicted molar refractivity (Wildman–Crippen MR) is 129 cm³/mol. The van der Waals surface area contributed by atoms with Crippen molar-refractivity contribution in [2.24, 2.45) is 0 Å². The highest BCUT2D eigenvalue weighted by molar-refractivity contribution is 5.76. The molecule has 182 valence electrons. The van der Waals surface area contributed by atoms with Crippen LogP contribution in [0.4, 0.5) is 0 Å². The van der Waals surface area contributed by atoms with Crippen LogP contribution in [-0.2, 0) is 20.7 Å². The first-order chi connectivity index (χ1) is 16.6. The molecule has 4 rings (SSSR count). The lowest BCUT2D eigenvalue weighted by Crippen LogP contribution is -2.47. The van der Waals surface area contributed by atoms with Crippen molar-refractivity contribution in [3.63, 3.8) is 0 Å². The van der Waals surface area contributed by atoms with E-state index in [2.05, 4.69) is 22.3 Å². The molecular weight excluding hydrogens is 432 g/mol. The third kappa shape index (κ3) is 6.73. The Morgan fingerprint density at radius 2 is 1.76 bits per heavy atom. The van der Waals surface area contributed by atoms with Crippen LogP contribution < -0.4 is 14.8 Å². The van der Waals surface area contributed by atoms with Crippen LogP contribution in [0.2, 0.25) is 0 Å². The Morgan fingerprint density at radius 3 is 2.50 bits per heavy atom. The van der Waals surface area contributed by atoms with Crippen molar-refractivity contribution in [1.82, 2.24) is 10.2 Å². The maximum absolute atomic E-state index is 13.0. The Kier molecular flexibility index (Phi) is 8.41. The molecule has 1 fully saturated rings. The van der Waals surface area contributed by atoms with E-state index < -0.39 is 6.10 Å². The molecule has 2 aliphatic rings. The summed E-state index contributed by atoms with van der Waals surface area (Å²) >= 11 is 0. The number of fused-ring (bicyclic) bond motifs is 1. The molecule has 0 saturated carbocycles. The van der Waals surface area contributed by atoms with Crippen LogP contribution >= 0.6 is 0 Å². The summed E-state index contributed by atoms with van der Waals surface area (Å²) in [5.74, 6) is 0.895. The summed E-state index contributed by atoms with van der Waals surface area (Å²) < 4.78 is 17.2. The van der Waals surface area contributed by atoms with Gasteiger partial charge in [-0.1, -0.05) is 36.4 Å². The highest BCUT2D eigenvalue weighted by Crippen LogP contribution is 2.35. The van der Waals surface area contributed by atoms with Crippen LogP contribution in [0.15, 0.2) is 48.5 Å². The van der Waals surface area contributed by atoms with Gasteiger partial charge in [0.25, 0.3) is 0 Å². The summed E-state index contributed by atoms with van der Waals surface area (Å²) in [6.07, 6.45) is 3.68. The highest BCUT2D eigenvalue weighted by atomic mass is 16.6. The van der Waals surface area contributed by atoms with Crippen molar-refractivity contribution in [3.05, 3.63) is 59.7 Å². The normalized spacial score (nSPS) is 17.1. The average molecular weight is 467 g/mol. The second kappa shape index (κ2) is 11.9. The van der Waals surface area contributed by atoms with Crippen LogP contribution in [-0.4, -0.2) is 55.7 Å². The number of nitrogens with one attached hydrogen (secondary N) is 1. The summed E-state index contributed by atoms with van der Waals surface area (Å²) in [5.41, 5.74) is 2.01. The topological polar surface area (TPSA) is 77.1 Å². The van der Waals surface area contributed by atoms with Crippen LogP contribution in [0, 0.1) is 0 Å². The zero-order chi connectivity index (χ0) is 23.8. The maximum atomic E-state index is 13.0. The Labute approximate surface area is 201 Å². The third-order valence-electron chi connectivity index (χ3n) is 6.27. The molecule has 1 N–H and O–H groups in total. The molecule has 0 radical (unpaired) electrons. The molecule has 1 saturated heterocycles. The zero-order valence-corrected chi connectivity index (χ0v) is 19.8. The Morgan fingerprint density at radius 1 is 1.03 bits per heavy atom. The molecule has 2 atom stereocenters. The Bertz CT molecular complexity index is 959. The summed E-state index contributed by atoms with van der Waals surface area (Å²) in [6.45, 7) is 4.97. The maximum Gasteiger partial charge on any atom is 0.303 e. The number of benzene rings is 2. The fourth-order valence-corrected chi connectivity index (χ4v) is 4.64. The molecule has 7 heteroatoms. The molecule has 2 aromatic rings. The van der Waals surface area contributed by atoms with Crippen molar-refractivity contribution >= 4 is 11.9 Å². The van der Waals surface area contributed by atoms with Crippen molar-refractivity contribution < 1.29 is 23.8 Å². The number of esters is 1. The average Bonchev–Trinajstić information content (AvgIpc) is 3.35. The van der Waals surface area contributed by atoms with Gasteiger partial charge in [0.15, 0.2) is 11.5 Å². The minimum Gasteiger partial charge on any atom is -0.486 e. The van der Waals surface area contributed by atoms with Gasteiger partial charge in [-0.15, -0.1) is 0 Å². The number of hydrogen-bond acceptors (Lipinski definition) is 6. The van der Waals surface area contributed by atoms with Gasteiger partial charge in [-0.2, -0.15) is 0 Å². The first kappa shape index (κ1) is 24.1. The van der Waals surface area contributed by atoms with Gasteiger partial charge < -0.3 is 24.4 Å². The first-order valence-electron chi connectivity index (χ1n) is 12.2. The van der Waals surface area contributed by atoms with Crippen molar-refractivity contribution in [2.75, 3.05) is 32.8 Å². The smallest absolute Gasteiger partial charge is 0.303 e. The lowest BCUT2D eigenvalue weighted by molar-refractivity contribution is -0.149. The lowest BCUT2D eigenvalue weighted by Gasteiger charge is -2.32. The molecule has 2 aliphatic heterocycles. The number of nitrogens with zero attached hydrogens (tertiary/aromatic N) is 1. The summed E-state index contributed by atoms with van der Waals surface area (Å²) in [4.78, 5) is 27.3. The molecule has 0 aliphatic carbocycles. The fraction of sp³-hybridized carbons (Fsp3) is 0.481. The first-order valence-corrected chi connectivity index (χ1v) is 12.2. The summed E-state index contributed by atoms with van der Waals surface area (Å²) in [7, 11) is 0. The van der Waals surface area contributed by atoms with E-state index in [9.17, 15) is 9.59 Å². The SMILES string of the molecule is CC(=O)O[C@H](c1ccc2c(c1)OCCO2)[C@@H](CN1CCCC1)NC(=O)CCCc1ccccc1. The predicted octanol–water partition coefficient (Wildman–Crippen LogP) is 3.67. The molecule has 2 heterocycles. The van der Waals surface area contributed by atoms with E-state index in [0.29, 0.717) is 37.7 Å². The molecule has 1 amide bonds. The number of carbonyl (C=O) groups excluding carboxylic acids is 2. The number of rotatable bonds is 10. The molecule has 2 aromatic carbocycles. The van der Waals surface area contributed by atoms with Gasteiger partial charge in [-0.3, -0.25) is 9.59 Å². The number of carbonyl (C=O) groups is 2. The van der Waals surface area contributed by atoms with E-state index in [4.69, 9.17) is 14.2 Å². The number of aryl methyl sites for hydroxylation is 1. The summed E-state index contributed by atoms with van der Waals surface area (Å²) in [6, 6.07) is 15.4. The number of ether oxygens (including phenoxy) is 3. The van der Waals surface area contributed by atoms with Gasteiger partial charge in [0.05, 0.1) is 6.04 Å². The van der Waals surface area contributed by atoms with Crippen molar-refractivity contribution in [2.45, 2.75) is 51.2 Å². The van der Waals surface area contributed by atoms with Gasteiger partial charge in [0.2, 0.25) is 5.91 Å².